The number of fused-ring (bicyclic) bond motifs is 1. The van der Waals surface area contributed by atoms with Gasteiger partial charge in [-0.2, -0.15) is 0 Å². The summed E-state index contributed by atoms with van der Waals surface area (Å²) < 4.78 is 5.38. The summed E-state index contributed by atoms with van der Waals surface area (Å²) in [6.07, 6.45) is 3.90. The van der Waals surface area contributed by atoms with Crippen molar-refractivity contribution in [2.24, 2.45) is 11.8 Å². The van der Waals surface area contributed by atoms with Crippen LogP contribution in [0.1, 0.15) is 33.1 Å². The maximum atomic E-state index is 11.4. The van der Waals surface area contributed by atoms with Crippen molar-refractivity contribution in [2.45, 2.75) is 39.2 Å². The van der Waals surface area contributed by atoms with E-state index in [2.05, 4.69) is 24.5 Å². The van der Waals surface area contributed by atoms with Gasteiger partial charge in [-0.05, 0) is 42.9 Å². The number of nitrogens with one attached hydrogen (secondary N) is 2. The summed E-state index contributed by atoms with van der Waals surface area (Å²) in [4.78, 5) is 11.4. The van der Waals surface area contributed by atoms with Gasteiger partial charge in [0, 0.05) is 11.7 Å². The van der Waals surface area contributed by atoms with Crippen molar-refractivity contribution in [3.8, 4) is 5.75 Å². The summed E-state index contributed by atoms with van der Waals surface area (Å²) in [7, 11) is 0. The summed E-state index contributed by atoms with van der Waals surface area (Å²) >= 11 is 0. The fourth-order valence-corrected chi connectivity index (χ4v) is 3.33. The zero-order chi connectivity index (χ0) is 14.1. The summed E-state index contributed by atoms with van der Waals surface area (Å²) in [6, 6.07) is 6.43. The molecule has 2 N–H and O–H groups in total. The highest BCUT2D eigenvalue weighted by Gasteiger charge is 2.27. The second-order valence-corrected chi connectivity index (χ2v) is 6.10. The predicted molar refractivity (Wildman–Crippen MR) is 80.2 cm³/mol. The van der Waals surface area contributed by atoms with Crippen molar-refractivity contribution in [1.82, 2.24) is 0 Å². The minimum absolute atomic E-state index is 0.0888. The number of rotatable bonds is 2. The molecule has 20 heavy (non-hydrogen) atoms. The van der Waals surface area contributed by atoms with Gasteiger partial charge in [-0.25, -0.2) is 0 Å². The quantitative estimate of drug-likeness (QED) is 0.870. The van der Waals surface area contributed by atoms with Crippen molar-refractivity contribution in [3.05, 3.63) is 18.2 Å². The minimum atomic E-state index is -0.0888. The topological polar surface area (TPSA) is 50.4 Å². The average molecular weight is 274 g/mol. The molecular formula is C16H22N2O2. The van der Waals surface area contributed by atoms with Crippen molar-refractivity contribution >= 4 is 17.3 Å². The number of amides is 1. The van der Waals surface area contributed by atoms with Crippen LogP contribution in [0.2, 0.25) is 0 Å². The maximum Gasteiger partial charge on any atom is 0.262 e. The van der Waals surface area contributed by atoms with Crippen LogP contribution in [-0.4, -0.2) is 18.6 Å². The Morgan fingerprint density at radius 1 is 1.25 bits per heavy atom. The monoisotopic (exact) mass is 274 g/mol. The fraction of sp³-hybridized carbons (Fsp3) is 0.562. The van der Waals surface area contributed by atoms with Crippen LogP contribution in [0.25, 0.3) is 0 Å². The predicted octanol–water partition coefficient (Wildman–Crippen LogP) is 3.25. The normalized spacial score (nSPS) is 29.1. The Labute approximate surface area is 119 Å². The SMILES string of the molecule is CC1CCCC(C)C1Nc1ccc2c(c1)NC(=O)CO2. The van der Waals surface area contributed by atoms with Crippen LogP contribution in [0.5, 0.6) is 5.75 Å². The lowest BCUT2D eigenvalue weighted by atomic mass is 9.78. The van der Waals surface area contributed by atoms with Gasteiger partial charge in [0.25, 0.3) is 5.91 Å². The van der Waals surface area contributed by atoms with Gasteiger partial charge in [-0.3, -0.25) is 4.79 Å². The number of hydrogen-bond donors (Lipinski definition) is 2. The first kappa shape index (κ1) is 13.3. The van der Waals surface area contributed by atoms with E-state index < -0.39 is 0 Å². The van der Waals surface area contributed by atoms with Gasteiger partial charge in [0.2, 0.25) is 0 Å². The second kappa shape index (κ2) is 5.35. The van der Waals surface area contributed by atoms with Crippen molar-refractivity contribution in [3.63, 3.8) is 0 Å². The maximum absolute atomic E-state index is 11.4. The van der Waals surface area contributed by atoms with E-state index in [0.717, 1.165) is 17.1 Å². The molecule has 3 rings (SSSR count). The van der Waals surface area contributed by atoms with Crippen molar-refractivity contribution in [1.29, 1.82) is 0 Å². The summed E-state index contributed by atoms with van der Waals surface area (Å²) in [5.41, 5.74) is 1.82. The first-order valence-corrected chi connectivity index (χ1v) is 7.47. The molecule has 1 saturated carbocycles. The van der Waals surface area contributed by atoms with E-state index in [1.807, 2.05) is 18.2 Å². The number of hydrogen-bond acceptors (Lipinski definition) is 3. The van der Waals surface area contributed by atoms with Crippen molar-refractivity contribution in [2.75, 3.05) is 17.2 Å². The third-order valence-electron chi connectivity index (χ3n) is 4.49. The lowest BCUT2D eigenvalue weighted by Crippen LogP contribution is -2.37. The molecule has 4 heteroatoms. The molecule has 0 bridgehead atoms. The Morgan fingerprint density at radius 3 is 2.75 bits per heavy atom. The summed E-state index contributed by atoms with van der Waals surface area (Å²) in [6.45, 7) is 4.74. The lowest BCUT2D eigenvalue weighted by molar-refractivity contribution is -0.118. The second-order valence-electron chi connectivity index (χ2n) is 6.10. The molecule has 2 unspecified atom stereocenters. The Hall–Kier alpha value is -1.71. The van der Waals surface area contributed by atoms with E-state index in [-0.39, 0.29) is 12.5 Å². The summed E-state index contributed by atoms with van der Waals surface area (Å²) in [5.74, 6) is 2.02. The molecule has 0 radical (unpaired) electrons. The third kappa shape index (κ3) is 2.60. The van der Waals surface area contributed by atoms with Crippen LogP contribution in [0.3, 0.4) is 0 Å². The molecule has 1 heterocycles. The lowest BCUT2D eigenvalue weighted by Gasteiger charge is -2.36. The van der Waals surface area contributed by atoms with E-state index in [1.165, 1.54) is 19.3 Å². The van der Waals surface area contributed by atoms with Crippen LogP contribution in [0, 0.1) is 11.8 Å². The van der Waals surface area contributed by atoms with E-state index in [9.17, 15) is 4.79 Å². The molecule has 2 atom stereocenters. The van der Waals surface area contributed by atoms with Gasteiger partial charge < -0.3 is 15.4 Å². The summed E-state index contributed by atoms with van der Waals surface area (Å²) in [5, 5.41) is 6.49. The zero-order valence-corrected chi connectivity index (χ0v) is 12.1. The average Bonchev–Trinajstić information content (AvgIpc) is 2.42. The van der Waals surface area contributed by atoms with Gasteiger partial charge in [0.1, 0.15) is 5.75 Å². The molecule has 1 aliphatic carbocycles. The van der Waals surface area contributed by atoms with Crippen LogP contribution in [-0.2, 0) is 4.79 Å². The standard InChI is InChI=1S/C16H22N2O2/c1-10-4-3-5-11(2)16(10)17-12-6-7-14-13(8-12)18-15(19)9-20-14/h6-8,10-11,16-17H,3-5,9H2,1-2H3,(H,18,19). The molecule has 1 amide bonds. The van der Waals surface area contributed by atoms with E-state index in [1.54, 1.807) is 0 Å². The fourth-order valence-electron chi connectivity index (χ4n) is 3.33. The molecule has 1 aromatic rings. The molecular weight excluding hydrogens is 252 g/mol. The Balaban J connectivity index is 1.77. The van der Waals surface area contributed by atoms with Crippen LogP contribution in [0.4, 0.5) is 11.4 Å². The minimum Gasteiger partial charge on any atom is -0.482 e. The van der Waals surface area contributed by atoms with Gasteiger partial charge in [0.05, 0.1) is 5.69 Å². The Morgan fingerprint density at radius 2 is 2.00 bits per heavy atom. The van der Waals surface area contributed by atoms with E-state index in [0.29, 0.717) is 17.9 Å². The van der Waals surface area contributed by atoms with Crippen molar-refractivity contribution < 1.29 is 9.53 Å². The highest BCUT2D eigenvalue weighted by molar-refractivity contribution is 5.96. The Kier molecular flexibility index (Phi) is 3.55. The molecule has 2 aliphatic rings. The highest BCUT2D eigenvalue weighted by Crippen LogP contribution is 2.34. The number of carbonyl (C=O) groups is 1. The third-order valence-corrected chi connectivity index (χ3v) is 4.49. The highest BCUT2D eigenvalue weighted by atomic mass is 16.5. The first-order chi connectivity index (χ1) is 9.63. The molecule has 1 aromatic carbocycles. The molecule has 0 aromatic heterocycles. The van der Waals surface area contributed by atoms with E-state index in [4.69, 9.17) is 4.74 Å². The smallest absolute Gasteiger partial charge is 0.262 e. The molecule has 1 fully saturated rings. The van der Waals surface area contributed by atoms with Gasteiger partial charge >= 0.3 is 0 Å². The number of ether oxygens (including phenoxy) is 1. The molecule has 1 aliphatic heterocycles. The molecule has 0 saturated heterocycles. The Bertz CT molecular complexity index is 505. The van der Waals surface area contributed by atoms with Crippen LogP contribution >= 0.6 is 0 Å². The molecule has 4 nitrogen and oxygen atoms in total. The zero-order valence-electron chi connectivity index (χ0n) is 12.1. The first-order valence-electron chi connectivity index (χ1n) is 7.47. The molecule has 108 valence electrons. The van der Waals surface area contributed by atoms with Gasteiger partial charge in [-0.15, -0.1) is 0 Å². The van der Waals surface area contributed by atoms with E-state index >= 15 is 0 Å². The van der Waals surface area contributed by atoms with Gasteiger partial charge in [-0.1, -0.05) is 20.3 Å². The van der Waals surface area contributed by atoms with Crippen LogP contribution < -0.4 is 15.4 Å². The largest absolute Gasteiger partial charge is 0.482 e. The number of benzene rings is 1. The van der Waals surface area contributed by atoms with Gasteiger partial charge in [0.15, 0.2) is 6.61 Å². The number of anilines is 2. The molecule has 0 spiro atoms. The van der Waals surface area contributed by atoms with Crippen LogP contribution in [0.15, 0.2) is 18.2 Å². The number of carbonyl (C=O) groups excluding carboxylic acids is 1.